The number of ketones is 1. The van der Waals surface area contributed by atoms with Crippen LogP contribution in [0.2, 0.25) is 0 Å². The number of halogens is 1. The van der Waals surface area contributed by atoms with E-state index >= 15 is 0 Å². The molecule has 2 aromatic heterocycles. The average Bonchev–Trinajstić information content (AvgIpc) is 3.62. The molecule has 6 aliphatic heterocycles. The van der Waals surface area contributed by atoms with Crippen molar-refractivity contribution in [1.29, 1.82) is 0 Å². The minimum atomic E-state index is 0. The normalized spacial score (nSPS) is 27.2. The van der Waals surface area contributed by atoms with E-state index in [0.717, 1.165) is 39.6 Å². The number of nitrogens with two attached hydrogens (primary N) is 1. The summed E-state index contributed by atoms with van der Waals surface area (Å²) in [5.74, 6) is 4.12. The number of piperidine rings is 6. The van der Waals surface area contributed by atoms with Gasteiger partial charge in [-0.05, 0) is 148 Å². The van der Waals surface area contributed by atoms with Crippen LogP contribution in [0.5, 0.6) is 0 Å². The second-order valence-corrected chi connectivity index (χ2v) is 14.8. The topological polar surface area (TPSA) is 110 Å². The predicted molar refractivity (Wildman–Crippen MR) is 191 cm³/mol. The van der Waals surface area contributed by atoms with Gasteiger partial charge in [0.25, 0.3) is 0 Å². The monoisotopic (exact) mass is 677 g/mol. The number of fused-ring (bicyclic) bond motifs is 8. The van der Waals surface area contributed by atoms with Gasteiger partial charge in [-0.2, -0.15) is 9.59 Å². The van der Waals surface area contributed by atoms with Crippen molar-refractivity contribution < 1.29 is 23.2 Å². The molecule has 0 spiro atoms. The van der Waals surface area contributed by atoms with E-state index in [0.29, 0.717) is 24.3 Å². The lowest BCUT2D eigenvalue weighted by Crippen LogP contribution is -2.67. The Morgan fingerprint density at radius 2 is 1.27 bits per heavy atom. The molecule has 10 rings (SSSR count). The van der Waals surface area contributed by atoms with Crippen LogP contribution in [-0.4, -0.2) is 65.0 Å². The molecule has 0 amide bonds. The first-order valence-corrected chi connectivity index (χ1v) is 17.1. The van der Waals surface area contributed by atoms with E-state index in [-0.39, 0.29) is 35.4 Å². The van der Waals surface area contributed by atoms with Gasteiger partial charge in [-0.3, -0.25) is 14.6 Å². The van der Waals surface area contributed by atoms with Crippen molar-refractivity contribution in [3.05, 3.63) is 71.7 Å². The Balaban J connectivity index is 0.000000173. The van der Waals surface area contributed by atoms with Crippen molar-refractivity contribution in [1.82, 2.24) is 9.80 Å². The lowest BCUT2D eigenvalue weighted by Gasteiger charge is -2.56. The summed E-state index contributed by atoms with van der Waals surface area (Å²) in [6, 6.07) is 18.3. The van der Waals surface area contributed by atoms with E-state index in [1.54, 1.807) is 0 Å². The highest BCUT2D eigenvalue weighted by molar-refractivity contribution is 5.99. The fourth-order valence-electron chi connectivity index (χ4n) is 8.51. The molecule has 260 valence electrons. The van der Waals surface area contributed by atoms with E-state index in [4.69, 9.17) is 24.2 Å². The van der Waals surface area contributed by atoms with Gasteiger partial charge >= 0.3 is 6.15 Å². The van der Waals surface area contributed by atoms with Gasteiger partial charge in [0.15, 0.2) is 5.78 Å². The van der Waals surface area contributed by atoms with Crippen molar-refractivity contribution >= 4 is 46.3 Å². The molecule has 2 aromatic carbocycles. The number of Topliss-reactive ketones (excluding diaryl/α,β-unsaturated/α-hetero) is 1. The molecule has 6 aliphatic rings. The van der Waals surface area contributed by atoms with Gasteiger partial charge in [0.1, 0.15) is 22.7 Å². The number of carbonyl (C=O) groups is 1. The number of para-hydroxylation sites is 1. The molecule has 4 aromatic rings. The molecule has 48 heavy (non-hydrogen) atoms. The van der Waals surface area contributed by atoms with Gasteiger partial charge in [0, 0.05) is 39.9 Å². The molecular formula is C39H52ClN3O5. The average molecular weight is 678 g/mol. The van der Waals surface area contributed by atoms with Crippen molar-refractivity contribution in [3.63, 3.8) is 0 Å². The second kappa shape index (κ2) is 15.5. The molecular weight excluding hydrogens is 626 g/mol. The highest BCUT2D eigenvalue weighted by Gasteiger charge is 2.48. The summed E-state index contributed by atoms with van der Waals surface area (Å²) in [5, 5.41) is 2.21. The number of furan rings is 2. The Morgan fingerprint density at radius 3 is 1.77 bits per heavy atom. The van der Waals surface area contributed by atoms with Crippen molar-refractivity contribution in [2.75, 3.05) is 26.2 Å². The standard InChI is InChI=1S/C20H25NO2.C9H18N2.C9H8O.CO2.ClH/c1-13-10-16-11-15(4-5-19(16)23-13)18(22)12-17-14-6-8-21(9-7-14)20(17,2)3;1-9(2)8(10)7-3-5-11(9)6-4-7;1-7-6-8-4-2-3-5-9(8)10-7;2-1-3;/h4-5,10-11,14,17H,6-9,12H2,1-3H3;7-8H,3-6,10H2,1-2H3;2-6H,1H3;;1H/t17-;8-;;;/m11.../s1. The van der Waals surface area contributed by atoms with E-state index in [9.17, 15) is 4.79 Å². The fraction of sp³-hybridized carbons (Fsp3) is 0.538. The first-order valence-electron chi connectivity index (χ1n) is 17.1. The number of rotatable bonds is 3. The van der Waals surface area contributed by atoms with E-state index in [1.807, 2.05) is 68.4 Å². The van der Waals surface area contributed by atoms with Crippen molar-refractivity contribution in [2.45, 2.75) is 90.8 Å². The summed E-state index contributed by atoms with van der Waals surface area (Å²) in [6.07, 6.45) is 6.06. The molecule has 2 N–H and O–H groups in total. The summed E-state index contributed by atoms with van der Waals surface area (Å²) in [7, 11) is 0. The maximum absolute atomic E-state index is 12.9. The Bertz CT molecular complexity index is 1670. The van der Waals surface area contributed by atoms with Crippen LogP contribution >= 0.6 is 12.4 Å². The SMILES string of the molecule is CC1(C)[C@H](N)C2CCN1CC2.Cc1cc2cc(C(=O)C[C@@H]3C4CCN(CC4)C3(C)C)ccc2o1.Cc1cc2ccccc2o1.Cl.O=C=O. The van der Waals surface area contributed by atoms with Crippen LogP contribution in [-0.2, 0) is 9.59 Å². The maximum atomic E-state index is 12.9. The first kappa shape index (κ1) is 37.6. The predicted octanol–water partition coefficient (Wildman–Crippen LogP) is 7.83. The Hall–Kier alpha value is -3.26. The van der Waals surface area contributed by atoms with Gasteiger partial charge in [-0.1, -0.05) is 18.2 Å². The van der Waals surface area contributed by atoms with E-state index in [1.165, 1.54) is 57.2 Å². The summed E-state index contributed by atoms with van der Waals surface area (Å²) in [6.45, 7) is 18.0. The second-order valence-electron chi connectivity index (χ2n) is 14.8. The minimum Gasteiger partial charge on any atom is -0.461 e. The Kier molecular flexibility index (Phi) is 12.1. The molecule has 9 heteroatoms. The molecule has 0 saturated carbocycles. The molecule has 6 fully saturated rings. The van der Waals surface area contributed by atoms with Crippen LogP contribution < -0.4 is 5.73 Å². The summed E-state index contributed by atoms with van der Waals surface area (Å²) in [4.78, 5) is 34.2. The van der Waals surface area contributed by atoms with Crippen LogP contribution in [0.25, 0.3) is 21.9 Å². The summed E-state index contributed by atoms with van der Waals surface area (Å²) < 4.78 is 11.0. The third-order valence-electron chi connectivity index (χ3n) is 11.4. The quantitative estimate of drug-likeness (QED) is 0.219. The van der Waals surface area contributed by atoms with E-state index in [2.05, 4.69) is 37.5 Å². The summed E-state index contributed by atoms with van der Waals surface area (Å²) in [5.41, 5.74) is 9.23. The van der Waals surface area contributed by atoms with Gasteiger partial charge in [0.05, 0.1) is 0 Å². The third kappa shape index (κ3) is 7.96. The number of benzene rings is 2. The lowest BCUT2D eigenvalue weighted by atomic mass is 9.65. The largest absolute Gasteiger partial charge is 0.461 e. The fourth-order valence-corrected chi connectivity index (χ4v) is 8.51. The Morgan fingerprint density at radius 1 is 0.771 bits per heavy atom. The highest BCUT2D eigenvalue weighted by atomic mass is 35.5. The van der Waals surface area contributed by atoms with Gasteiger partial charge in [0.2, 0.25) is 0 Å². The zero-order chi connectivity index (χ0) is 33.9. The number of carbonyl (C=O) groups excluding carboxylic acids is 3. The number of aryl methyl sites for hydroxylation is 2. The van der Waals surface area contributed by atoms with E-state index < -0.39 is 0 Å². The highest BCUT2D eigenvalue weighted by Crippen LogP contribution is 2.46. The lowest BCUT2D eigenvalue weighted by molar-refractivity contribution is -0.191. The summed E-state index contributed by atoms with van der Waals surface area (Å²) >= 11 is 0. The smallest absolute Gasteiger partial charge is 0.373 e. The van der Waals surface area contributed by atoms with Crippen molar-refractivity contribution in [3.8, 4) is 0 Å². The number of nitrogens with zero attached hydrogens (tertiary/aromatic N) is 2. The zero-order valence-corrected chi connectivity index (χ0v) is 30.1. The maximum Gasteiger partial charge on any atom is 0.373 e. The minimum absolute atomic E-state index is 0. The molecule has 6 saturated heterocycles. The molecule has 8 heterocycles. The van der Waals surface area contributed by atoms with Crippen LogP contribution in [0, 0.1) is 31.6 Å². The van der Waals surface area contributed by atoms with Gasteiger partial charge in [-0.25, -0.2) is 0 Å². The molecule has 0 radical (unpaired) electrons. The van der Waals surface area contributed by atoms with Gasteiger partial charge < -0.3 is 14.6 Å². The third-order valence-corrected chi connectivity index (χ3v) is 11.4. The van der Waals surface area contributed by atoms with Gasteiger partial charge in [-0.15, -0.1) is 12.4 Å². The molecule has 4 bridgehead atoms. The zero-order valence-electron chi connectivity index (χ0n) is 29.3. The van der Waals surface area contributed by atoms with Crippen LogP contribution in [0.3, 0.4) is 0 Å². The molecule has 2 atom stereocenters. The molecule has 0 unspecified atom stereocenters. The van der Waals surface area contributed by atoms with Crippen LogP contribution in [0.1, 0.15) is 81.7 Å². The molecule has 8 nitrogen and oxygen atoms in total. The van der Waals surface area contributed by atoms with Crippen LogP contribution in [0.15, 0.2) is 63.4 Å². The Labute approximate surface area is 290 Å². The number of hydrogen-bond donors (Lipinski definition) is 1. The van der Waals surface area contributed by atoms with Crippen LogP contribution in [0.4, 0.5) is 0 Å². The van der Waals surface area contributed by atoms with Crippen molar-refractivity contribution in [2.24, 2.45) is 23.5 Å². The first-order chi connectivity index (χ1) is 22.3. The number of hydrogen-bond acceptors (Lipinski definition) is 8. The molecule has 0 aliphatic carbocycles.